The predicted octanol–water partition coefficient (Wildman–Crippen LogP) is 4.46. The highest BCUT2D eigenvalue weighted by molar-refractivity contribution is 5.65. The topological polar surface area (TPSA) is 63.2 Å². The lowest BCUT2D eigenvalue weighted by Crippen LogP contribution is -2.20. The van der Waals surface area contributed by atoms with Crippen molar-refractivity contribution in [2.24, 2.45) is 0 Å². The number of rotatable bonds is 4. The van der Waals surface area contributed by atoms with Gasteiger partial charge in [-0.15, -0.1) is 0 Å². The standard InChI is InChI=1S/C18H15F3N4O/c1-17(2,19)26-13-6-4-11(5-7-13)12-9-23-15-14(8-22)24-16(18(3,20)21)25(15)10-12/h4-7,9-10H,1-3H3. The first-order chi connectivity index (χ1) is 12.1. The summed E-state index contributed by atoms with van der Waals surface area (Å²) in [5, 5.41) is 9.07. The zero-order chi connectivity index (χ0) is 19.1. The van der Waals surface area contributed by atoms with Gasteiger partial charge < -0.3 is 4.74 Å². The van der Waals surface area contributed by atoms with Crippen LogP contribution < -0.4 is 4.74 Å². The van der Waals surface area contributed by atoms with Gasteiger partial charge in [0, 0.05) is 38.7 Å². The monoisotopic (exact) mass is 360 g/mol. The molecule has 0 N–H and O–H groups in total. The van der Waals surface area contributed by atoms with Gasteiger partial charge in [-0.05, 0) is 17.7 Å². The third-order valence-corrected chi connectivity index (χ3v) is 3.53. The highest BCUT2D eigenvalue weighted by atomic mass is 19.3. The fourth-order valence-electron chi connectivity index (χ4n) is 2.50. The number of halogens is 3. The predicted molar refractivity (Wildman–Crippen MR) is 88.5 cm³/mol. The lowest BCUT2D eigenvalue weighted by Gasteiger charge is -2.17. The number of aromatic nitrogens is 3. The van der Waals surface area contributed by atoms with Crippen LogP contribution in [0.2, 0.25) is 0 Å². The van der Waals surface area contributed by atoms with Gasteiger partial charge in [-0.25, -0.2) is 9.97 Å². The molecule has 0 aliphatic rings. The molecule has 3 rings (SSSR count). The maximum Gasteiger partial charge on any atom is 0.302 e. The van der Waals surface area contributed by atoms with Crippen molar-refractivity contribution in [3.63, 3.8) is 0 Å². The third kappa shape index (κ3) is 3.47. The summed E-state index contributed by atoms with van der Waals surface area (Å²) in [6, 6.07) is 8.24. The lowest BCUT2D eigenvalue weighted by molar-refractivity contribution is -0.0257. The van der Waals surface area contributed by atoms with Gasteiger partial charge in [-0.2, -0.15) is 18.4 Å². The Labute approximate surface area is 147 Å². The van der Waals surface area contributed by atoms with Gasteiger partial charge in [0.05, 0.1) is 0 Å². The highest BCUT2D eigenvalue weighted by Gasteiger charge is 2.32. The van der Waals surface area contributed by atoms with Crippen LogP contribution in [0.15, 0.2) is 36.7 Å². The van der Waals surface area contributed by atoms with Crippen molar-refractivity contribution in [1.29, 1.82) is 5.26 Å². The van der Waals surface area contributed by atoms with Crippen LogP contribution in [0.1, 0.15) is 32.3 Å². The van der Waals surface area contributed by atoms with Crippen molar-refractivity contribution >= 4 is 5.65 Å². The van der Waals surface area contributed by atoms with Crippen LogP contribution in [0.4, 0.5) is 13.2 Å². The molecule has 0 saturated carbocycles. The first-order valence-electron chi connectivity index (χ1n) is 7.73. The molecule has 5 nitrogen and oxygen atoms in total. The molecule has 134 valence electrons. The first kappa shape index (κ1) is 17.7. The average molecular weight is 360 g/mol. The maximum absolute atomic E-state index is 13.8. The molecule has 0 amide bonds. The number of nitrogens with zero attached hydrogens (tertiary/aromatic N) is 4. The van der Waals surface area contributed by atoms with Crippen LogP contribution in [0.3, 0.4) is 0 Å². The number of alkyl halides is 3. The summed E-state index contributed by atoms with van der Waals surface area (Å²) in [7, 11) is 0. The molecule has 2 heterocycles. The van der Waals surface area contributed by atoms with Crippen molar-refractivity contribution in [2.45, 2.75) is 32.5 Å². The van der Waals surface area contributed by atoms with Crippen LogP contribution in [0.25, 0.3) is 16.8 Å². The summed E-state index contributed by atoms with van der Waals surface area (Å²) in [6.45, 7) is 3.29. The molecule has 1 aromatic carbocycles. The molecule has 0 radical (unpaired) electrons. The molecule has 0 fully saturated rings. The Morgan fingerprint density at radius 1 is 1.08 bits per heavy atom. The molecule has 0 aliphatic carbocycles. The number of hydrogen-bond acceptors (Lipinski definition) is 4. The Balaban J connectivity index is 2.05. The number of ether oxygens (including phenoxy) is 1. The van der Waals surface area contributed by atoms with Gasteiger partial charge in [0.1, 0.15) is 11.8 Å². The Morgan fingerprint density at radius 3 is 2.27 bits per heavy atom. The summed E-state index contributed by atoms with van der Waals surface area (Å²) >= 11 is 0. The summed E-state index contributed by atoms with van der Waals surface area (Å²) in [5.41, 5.74) is 1.10. The van der Waals surface area contributed by atoms with E-state index in [4.69, 9.17) is 10.00 Å². The molecule has 0 atom stereocenters. The quantitative estimate of drug-likeness (QED) is 0.689. The minimum atomic E-state index is -3.23. The molecule has 0 bridgehead atoms. The summed E-state index contributed by atoms with van der Waals surface area (Å²) in [5.74, 6) is -5.26. The normalized spacial score (nSPS) is 12.2. The Hall–Kier alpha value is -3.08. The number of benzene rings is 1. The van der Waals surface area contributed by atoms with E-state index in [0.29, 0.717) is 23.8 Å². The van der Waals surface area contributed by atoms with Gasteiger partial charge in [0.25, 0.3) is 0 Å². The first-order valence-corrected chi connectivity index (χ1v) is 7.73. The van der Waals surface area contributed by atoms with Crippen LogP contribution in [0, 0.1) is 11.3 Å². The largest absolute Gasteiger partial charge is 0.459 e. The van der Waals surface area contributed by atoms with Gasteiger partial charge >= 0.3 is 5.92 Å². The molecule has 0 aliphatic heterocycles. The van der Waals surface area contributed by atoms with E-state index < -0.39 is 17.6 Å². The second-order valence-electron chi connectivity index (χ2n) is 6.31. The highest BCUT2D eigenvalue weighted by Crippen LogP contribution is 2.30. The van der Waals surface area contributed by atoms with Crippen LogP contribution in [-0.2, 0) is 5.92 Å². The minimum absolute atomic E-state index is 0.0620. The number of fused-ring (bicyclic) bond motifs is 1. The number of imidazole rings is 1. The summed E-state index contributed by atoms with van der Waals surface area (Å²) in [6.07, 6.45) is 2.91. The second-order valence-corrected chi connectivity index (χ2v) is 6.31. The van der Waals surface area contributed by atoms with E-state index in [-0.39, 0.29) is 11.3 Å². The third-order valence-electron chi connectivity index (χ3n) is 3.53. The molecular weight excluding hydrogens is 345 g/mol. The van der Waals surface area contributed by atoms with Gasteiger partial charge in [0.2, 0.25) is 5.85 Å². The van der Waals surface area contributed by atoms with Crippen molar-refractivity contribution in [2.75, 3.05) is 0 Å². The smallest absolute Gasteiger partial charge is 0.302 e. The average Bonchev–Trinajstić information content (AvgIpc) is 2.92. The zero-order valence-corrected chi connectivity index (χ0v) is 14.3. The van der Waals surface area contributed by atoms with Crippen LogP contribution in [0.5, 0.6) is 5.75 Å². The fourth-order valence-corrected chi connectivity index (χ4v) is 2.50. The molecule has 0 saturated heterocycles. The Morgan fingerprint density at radius 2 is 1.73 bits per heavy atom. The Kier molecular flexibility index (Phi) is 4.11. The number of hydrogen-bond donors (Lipinski definition) is 0. The Bertz CT molecular complexity index is 993. The molecule has 0 spiro atoms. The van der Waals surface area contributed by atoms with E-state index in [0.717, 1.165) is 4.40 Å². The summed E-state index contributed by atoms with van der Waals surface area (Å²) in [4.78, 5) is 7.79. The zero-order valence-electron chi connectivity index (χ0n) is 14.3. The molecule has 8 heteroatoms. The van der Waals surface area contributed by atoms with Gasteiger partial charge in [-0.1, -0.05) is 12.1 Å². The fraction of sp³-hybridized carbons (Fsp3) is 0.278. The maximum atomic E-state index is 13.8. The van der Waals surface area contributed by atoms with E-state index in [2.05, 4.69) is 9.97 Å². The van der Waals surface area contributed by atoms with Crippen molar-refractivity contribution in [3.8, 4) is 22.9 Å². The second kappa shape index (κ2) is 6.02. The molecule has 26 heavy (non-hydrogen) atoms. The van der Waals surface area contributed by atoms with Crippen molar-refractivity contribution in [3.05, 3.63) is 48.2 Å². The van der Waals surface area contributed by atoms with Crippen LogP contribution >= 0.6 is 0 Å². The van der Waals surface area contributed by atoms with Gasteiger partial charge in [0.15, 0.2) is 17.2 Å². The summed E-state index contributed by atoms with van der Waals surface area (Å²) < 4.78 is 47.4. The van der Waals surface area contributed by atoms with E-state index in [1.165, 1.54) is 26.2 Å². The molecule has 3 aromatic rings. The van der Waals surface area contributed by atoms with E-state index in [9.17, 15) is 13.2 Å². The van der Waals surface area contributed by atoms with E-state index >= 15 is 0 Å². The van der Waals surface area contributed by atoms with E-state index in [1.807, 2.05) is 0 Å². The molecule has 2 aromatic heterocycles. The van der Waals surface area contributed by atoms with Crippen molar-refractivity contribution in [1.82, 2.24) is 14.4 Å². The van der Waals surface area contributed by atoms with Crippen molar-refractivity contribution < 1.29 is 17.9 Å². The molecule has 0 unspecified atom stereocenters. The van der Waals surface area contributed by atoms with E-state index in [1.54, 1.807) is 30.3 Å². The van der Waals surface area contributed by atoms with Crippen LogP contribution in [-0.4, -0.2) is 20.2 Å². The lowest BCUT2D eigenvalue weighted by atomic mass is 10.1. The SMILES string of the molecule is CC(C)(F)Oc1ccc(-c2cnc3c(C#N)nc(C(C)(F)F)n3c2)cc1. The molecular formula is C18H15F3N4O. The van der Waals surface area contributed by atoms with Gasteiger partial charge in [-0.3, -0.25) is 4.40 Å². The number of nitriles is 1. The minimum Gasteiger partial charge on any atom is -0.459 e.